The maximum Gasteiger partial charge on any atom is 0.221 e. The van der Waals surface area contributed by atoms with E-state index < -0.39 is 5.41 Å². The van der Waals surface area contributed by atoms with E-state index in [1.165, 1.54) is 0 Å². The van der Waals surface area contributed by atoms with Gasteiger partial charge in [-0.25, -0.2) is 0 Å². The summed E-state index contributed by atoms with van der Waals surface area (Å²) in [4.78, 5) is 11.2. The number of hydrogen-bond acceptors (Lipinski definition) is 2. The van der Waals surface area contributed by atoms with E-state index in [1.807, 2.05) is 30.3 Å². The Bertz CT molecular complexity index is 336. The van der Waals surface area contributed by atoms with Crippen LogP contribution >= 0.6 is 0 Å². The Kier molecular flexibility index (Phi) is 2.25. The first-order valence-corrected chi connectivity index (χ1v) is 4.70. The first kappa shape index (κ1) is 9.21. The molecule has 1 aromatic rings. The molecule has 1 aromatic carbocycles. The van der Waals surface area contributed by atoms with Gasteiger partial charge in [-0.1, -0.05) is 30.3 Å². The summed E-state index contributed by atoms with van der Waals surface area (Å²) in [5.74, 6) is 0.0166. The van der Waals surface area contributed by atoms with Crippen molar-refractivity contribution in [1.29, 1.82) is 0 Å². The third-order valence-corrected chi connectivity index (χ3v) is 2.81. The molecule has 2 rings (SSSR count). The van der Waals surface area contributed by atoms with Gasteiger partial charge in [0.05, 0.1) is 6.61 Å². The van der Waals surface area contributed by atoms with Crippen LogP contribution in [0, 0.1) is 0 Å². The molecule has 0 aliphatic carbocycles. The summed E-state index contributed by atoms with van der Waals surface area (Å²) in [7, 11) is 0. The predicted octanol–water partition coefficient (Wildman–Crippen LogP) is 0.437. The monoisotopic (exact) mass is 191 g/mol. The van der Waals surface area contributed by atoms with Crippen LogP contribution in [-0.2, 0) is 10.2 Å². The molecule has 0 spiro atoms. The van der Waals surface area contributed by atoms with Gasteiger partial charge in [0.1, 0.15) is 0 Å². The molecule has 0 bridgehead atoms. The first-order chi connectivity index (χ1) is 6.77. The van der Waals surface area contributed by atoms with Gasteiger partial charge in [-0.2, -0.15) is 0 Å². The van der Waals surface area contributed by atoms with Crippen LogP contribution in [-0.4, -0.2) is 24.2 Å². The predicted molar refractivity (Wildman–Crippen MR) is 52.8 cm³/mol. The highest BCUT2D eigenvalue weighted by Crippen LogP contribution is 2.30. The number of amides is 1. The van der Waals surface area contributed by atoms with E-state index in [-0.39, 0.29) is 12.5 Å². The van der Waals surface area contributed by atoms with Crippen molar-refractivity contribution >= 4 is 5.91 Å². The molecule has 3 nitrogen and oxygen atoms in total. The van der Waals surface area contributed by atoms with Crippen LogP contribution in [0.2, 0.25) is 0 Å². The van der Waals surface area contributed by atoms with Crippen LogP contribution < -0.4 is 5.32 Å². The Hall–Kier alpha value is -1.35. The zero-order chi connectivity index (χ0) is 10.0. The molecular formula is C11H13NO2. The molecule has 74 valence electrons. The second-order valence-electron chi connectivity index (χ2n) is 3.76. The third-order valence-electron chi connectivity index (χ3n) is 2.81. The maximum atomic E-state index is 11.2. The second-order valence-corrected chi connectivity index (χ2v) is 3.76. The summed E-state index contributed by atoms with van der Waals surface area (Å²) in [6, 6.07) is 9.69. The quantitative estimate of drug-likeness (QED) is 0.712. The van der Waals surface area contributed by atoms with Crippen LogP contribution in [0.5, 0.6) is 0 Å². The number of carbonyl (C=O) groups excluding carboxylic acids is 1. The SMILES string of the molecule is O=C1C[C@@](CO)(c2ccccc2)CN1. The Morgan fingerprint density at radius 1 is 1.36 bits per heavy atom. The number of nitrogens with one attached hydrogen (secondary N) is 1. The summed E-state index contributed by atoms with van der Waals surface area (Å²) in [5.41, 5.74) is 0.624. The normalized spacial score (nSPS) is 26.2. The van der Waals surface area contributed by atoms with Gasteiger partial charge in [0.2, 0.25) is 5.91 Å². The van der Waals surface area contributed by atoms with E-state index >= 15 is 0 Å². The van der Waals surface area contributed by atoms with Crippen LogP contribution in [0.15, 0.2) is 30.3 Å². The maximum absolute atomic E-state index is 11.2. The minimum Gasteiger partial charge on any atom is -0.395 e. The third kappa shape index (κ3) is 1.40. The van der Waals surface area contributed by atoms with Crippen molar-refractivity contribution in [2.24, 2.45) is 0 Å². The average Bonchev–Trinajstić information content (AvgIpc) is 2.63. The second kappa shape index (κ2) is 3.42. The van der Waals surface area contributed by atoms with Crippen molar-refractivity contribution in [2.75, 3.05) is 13.2 Å². The van der Waals surface area contributed by atoms with Crippen LogP contribution in [0.1, 0.15) is 12.0 Å². The fourth-order valence-corrected chi connectivity index (χ4v) is 1.90. The zero-order valence-corrected chi connectivity index (χ0v) is 7.86. The topological polar surface area (TPSA) is 49.3 Å². The number of carbonyl (C=O) groups is 1. The van der Waals surface area contributed by atoms with E-state index in [0.29, 0.717) is 13.0 Å². The summed E-state index contributed by atoms with van der Waals surface area (Å²) in [6.07, 6.45) is 0.382. The molecule has 1 amide bonds. The molecule has 0 radical (unpaired) electrons. The van der Waals surface area contributed by atoms with E-state index in [1.54, 1.807) is 0 Å². The minimum absolute atomic E-state index is 0.00968. The van der Waals surface area contributed by atoms with Crippen LogP contribution in [0.25, 0.3) is 0 Å². The van der Waals surface area contributed by atoms with Crippen molar-refractivity contribution < 1.29 is 9.90 Å². The van der Waals surface area contributed by atoms with E-state index in [9.17, 15) is 9.90 Å². The van der Waals surface area contributed by atoms with E-state index in [2.05, 4.69) is 5.32 Å². The molecule has 1 saturated heterocycles. The minimum atomic E-state index is -0.404. The highest BCUT2D eigenvalue weighted by Gasteiger charge is 2.39. The van der Waals surface area contributed by atoms with E-state index in [4.69, 9.17) is 0 Å². The molecule has 0 aromatic heterocycles. The molecule has 1 aliphatic heterocycles. The molecule has 0 unspecified atom stereocenters. The lowest BCUT2D eigenvalue weighted by Crippen LogP contribution is -2.32. The molecule has 1 heterocycles. The fraction of sp³-hybridized carbons (Fsp3) is 0.364. The van der Waals surface area contributed by atoms with Crippen molar-refractivity contribution in [1.82, 2.24) is 5.32 Å². The molecular weight excluding hydrogens is 178 g/mol. The lowest BCUT2D eigenvalue weighted by molar-refractivity contribution is -0.119. The van der Waals surface area contributed by atoms with Crippen molar-refractivity contribution in [3.05, 3.63) is 35.9 Å². The average molecular weight is 191 g/mol. The Balaban J connectivity index is 2.34. The summed E-state index contributed by atoms with van der Waals surface area (Å²) < 4.78 is 0. The number of rotatable bonds is 2. The molecule has 1 aliphatic rings. The van der Waals surface area contributed by atoms with Gasteiger partial charge in [0.25, 0.3) is 0 Å². The largest absolute Gasteiger partial charge is 0.395 e. The van der Waals surface area contributed by atoms with Crippen LogP contribution in [0.3, 0.4) is 0 Å². The fourth-order valence-electron chi connectivity index (χ4n) is 1.90. The number of benzene rings is 1. The lowest BCUT2D eigenvalue weighted by Gasteiger charge is -2.24. The lowest BCUT2D eigenvalue weighted by atomic mass is 9.80. The molecule has 3 heteroatoms. The summed E-state index contributed by atoms with van der Waals surface area (Å²) in [5, 5.41) is 12.2. The van der Waals surface area contributed by atoms with Gasteiger partial charge in [0.15, 0.2) is 0 Å². The number of aliphatic hydroxyl groups excluding tert-OH is 1. The highest BCUT2D eigenvalue weighted by molar-refractivity contribution is 5.80. The molecule has 2 N–H and O–H groups in total. The summed E-state index contributed by atoms with van der Waals surface area (Å²) in [6.45, 7) is 0.544. The Morgan fingerprint density at radius 3 is 2.57 bits per heavy atom. The molecule has 1 atom stereocenters. The zero-order valence-electron chi connectivity index (χ0n) is 7.86. The van der Waals surface area contributed by atoms with Gasteiger partial charge in [-0.05, 0) is 5.56 Å². The van der Waals surface area contributed by atoms with Gasteiger partial charge < -0.3 is 10.4 Å². The molecule has 14 heavy (non-hydrogen) atoms. The summed E-state index contributed by atoms with van der Waals surface area (Å²) >= 11 is 0. The molecule has 0 saturated carbocycles. The van der Waals surface area contributed by atoms with Crippen LogP contribution in [0.4, 0.5) is 0 Å². The van der Waals surface area contributed by atoms with Crippen molar-refractivity contribution in [3.63, 3.8) is 0 Å². The number of hydrogen-bond donors (Lipinski definition) is 2. The first-order valence-electron chi connectivity index (χ1n) is 4.70. The standard InChI is InChI=1S/C11H13NO2/c13-8-11(6-10(14)12-7-11)9-4-2-1-3-5-9/h1-5,13H,6-8H2,(H,12,14)/t11-/m1/s1. The van der Waals surface area contributed by atoms with Gasteiger partial charge in [-0.15, -0.1) is 0 Å². The smallest absolute Gasteiger partial charge is 0.221 e. The Labute approximate surface area is 82.8 Å². The van der Waals surface area contributed by atoms with Gasteiger partial charge in [0, 0.05) is 18.4 Å². The number of aliphatic hydroxyl groups is 1. The van der Waals surface area contributed by atoms with Crippen molar-refractivity contribution in [3.8, 4) is 0 Å². The van der Waals surface area contributed by atoms with Crippen molar-refractivity contribution in [2.45, 2.75) is 11.8 Å². The molecule has 1 fully saturated rings. The Morgan fingerprint density at radius 2 is 2.07 bits per heavy atom. The van der Waals surface area contributed by atoms with Gasteiger partial charge >= 0.3 is 0 Å². The highest BCUT2D eigenvalue weighted by atomic mass is 16.3. The van der Waals surface area contributed by atoms with Gasteiger partial charge in [-0.3, -0.25) is 4.79 Å². The van der Waals surface area contributed by atoms with E-state index in [0.717, 1.165) is 5.56 Å².